The SMILES string of the molecule is COC(=O)C[C@H]1C(=O)C(C)(C)C(=O)O[C@H]1c1ccccc1. The Morgan fingerprint density at radius 3 is 2.43 bits per heavy atom. The van der Waals surface area contributed by atoms with Crippen LogP contribution in [0.2, 0.25) is 0 Å². The molecule has 0 aliphatic carbocycles. The quantitative estimate of drug-likeness (QED) is 0.629. The lowest BCUT2D eigenvalue weighted by Crippen LogP contribution is -2.48. The van der Waals surface area contributed by atoms with Crippen molar-refractivity contribution < 1.29 is 23.9 Å². The summed E-state index contributed by atoms with van der Waals surface area (Å²) in [4.78, 5) is 36.2. The normalized spacial score (nSPS) is 24.3. The van der Waals surface area contributed by atoms with Gasteiger partial charge in [0.25, 0.3) is 0 Å². The zero-order chi connectivity index (χ0) is 15.6. The van der Waals surface area contributed by atoms with E-state index in [-0.39, 0.29) is 12.2 Å². The molecule has 21 heavy (non-hydrogen) atoms. The van der Waals surface area contributed by atoms with Crippen molar-refractivity contribution in [2.45, 2.75) is 26.4 Å². The van der Waals surface area contributed by atoms with Gasteiger partial charge in [-0.15, -0.1) is 0 Å². The molecule has 0 aromatic heterocycles. The summed E-state index contributed by atoms with van der Waals surface area (Å²) < 4.78 is 10.1. The Bertz CT molecular complexity index is 561. The van der Waals surface area contributed by atoms with Crippen LogP contribution in [-0.2, 0) is 23.9 Å². The van der Waals surface area contributed by atoms with E-state index in [0.717, 1.165) is 0 Å². The Balaban J connectivity index is 2.39. The molecule has 2 rings (SSSR count). The molecule has 5 nitrogen and oxygen atoms in total. The van der Waals surface area contributed by atoms with E-state index in [0.29, 0.717) is 5.56 Å². The largest absolute Gasteiger partial charge is 0.469 e. The molecule has 0 bridgehead atoms. The molecule has 0 unspecified atom stereocenters. The molecule has 1 saturated heterocycles. The average molecular weight is 290 g/mol. The lowest BCUT2D eigenvalue weighted by atomic mass is 9.74. The highest BCUT2D eigenvalue weighted by Gasteiger charge is 2.51. The van der Waals surface area contributed by atoms with Crippen LogP contribution in [0.1, 0.15) is 31.9 Å². The highest BCUT2D eigenvalue weighted by Crippen LogP contribution is 2.41. The fourth-order valence-electron chi connectivity index (χ4n) is 2.45. The van der Waals surface area contributed by atoms with Crippen LogP contribution in [-0.4, -0.2) is 24.8 Å². The van der Waals surface area contributed by atoms with E-state index in [1.54, 1.807) is 24.3 Å². The van der Waals surface area contributed by atoms with Crippen molar-refractivity contribution in [1.29, 1.82) is 0 Å². The van der Waals surface area contributed by atoms with Crippen molar-refractivity contribution >= 4 is 17.7 Å². The van der Waals surface area contributed by atoms with Crippen molar-refractivity contribution in [2.24, 2.45) is 11.3 Å². The molecule has 0 saturated carbocycles. The van der Waals surface area contributed by atoms with Crippen LogP contribution in [0.4, 0.5) is 0 Å². The molecule has 0 spiro atoms. The Hall–Kier alpha value is -2.17. The molecule has 1 aromatic rings. The molecule has 0 amide bonds. The van der Waals surface area contributed by atoms with Gasteiger partial charge in [-0.25, -0.2) is 0 Å². The van der Waals surface area contributed by atoms with E-state index >= 15 is 0 Å². The number of hydrogen-bond donors (Lipinski definition) is 0. The maximum Gasteiger partial charge on any atom is 0.319 e. The molecule has 0 radical (unpaired) electrons. The Kier molecular flexibility index (Phi) is 4.11. The fraction of sp³-hybridized carbons (Fsp3) is 0.438. The Morgan fingerprint density at radius 2 is 1.86 bits per heavy atom. The number of ether oxygens (including phenoxy) is 2. The number of cyclic esters (lactones) is 1. The minimum atomic E-state index is -1.25. The first-order valence-electron chi connectivity index (χ1n) is 6.75. The van der Waals surface area contributed by atoms with Gasteiger partial charge in [-0.1, -0.05) is 30.3 Å². The van der Waals surface area contributed by atoms with Crippen LogP contribution < -0.4 is 0 Å². The number of hydrogen-bond acceptors (Lipinski definition) is 5. The Morgan fingerprint density at radius 1 is 1.24 bits per heavy atom. The van der Waals surface area contributed by atoms with Crippen LogP contribution in [0.25, 0.3) is 0 Å². The molecule has 1 heterocycles. The van der Waals surface area contributed by atoms with Gasteiger partial charge in [-0.05, 0) is 19.4 Å². The van der Waals surface area contributed by atoms with Crippen molar-refractivity contribution in [2.75, 3.05) is 7.11 Å². The summed E-state index contributed by atoms with van der Waals surface area (Å²) in [5.41, 5.74) is -0.548. The van der Waals surface area contributed by atoms with E-state index in [2.05, 4.69) is 4.74 Å². The van der Waals surface area contributed by atoms with E-state index in [9.17, 15) is 14.4 Å². The third-order valence-electron chi connectivity index (χ3n) is 3.80. The summed E-state index contributed by atoms with van der Waals surface area (Å²) in [6.07, 6.45) is -0.857. The lowest BCUT2D eigenvalue weighted by Gasteiger charge is -2.37. The second-order valence-electron chi connectivity index (χ2n) is 5.61. The van der Waals surface area contributed by atoms with Crippen molar-refractivity contribution in [1.82, 2.24) is 0 Å². The van der Waals surface area contributed by atoms with Crippen LogP contribution >= 0.6 is 0 Å². The molecular formula is C16H18O5. The summed E-state index contributed by atoms with van der Waals surface area (Å²) in [5.74, 6) is -2.09. The van der Waals surface area contributed by atoms with E-state index in [1.165, 1.54) is 21.0 Å². The molecule has 1 fully saturated rings. The zero-order valence-corrected chi connectivity index (χ0v) is 12.3. The van der Waals surface area contributed by atoms with E-state index in [4.69, 9.17) is 4.74 Å². The van der Waals surface area contributed by atoms with Gasteiger partial charge in [0.2, 0.25) is 0 Å². The van der Waals surface area contributed by atoms with Gasteiger partial charge in [0.1, 0.15) is 11.5 Å². The second kappa shape index (κ2) is 5.68. The second-order valence-corrected chi connectivity index (χ2v) is 5.61. The zero-order valence-electron chi connectivity index (χ0n) is 12.3. The number of benzene rings is 1. The molecule has 0 N–H and O–H groups in total. The molecule has 1 aliphatic rings. The molecular weight excluding hydrogens is 272 g/mol. The predicted octanol–water partition coefficient (Wildman–Crippen LogP) is 2.06. The first kappa shape index (κ1) is 15.2. The monoisotopic (exact) mass is 290 g/mol. The molecule has 1 aromatic carbocycles. The highest BCUT2D eigenvalue weighted by molar-refractivity contribution is 6.07. The van der Waals surface area contributed by atoms with Crippen molar-refractivity contribution in [3.05, 3.63) is 35.9 Å². The highest BCUT2D eigenvalue weighted by atomic mass is 16.6. The van der Waals surface area contributed by atoms with Crippen molar-refractivity contribution in [3.8, 4) is 0 Å². The Labute approximate surface area is 123 Å². The van der Waals surface area contributed by atoms with Crippen LogP contribution in [0.3, 0.4) is 0 Å². The number of methoxy groups -OCH3 is 1. The minimum Gasteiger partial charge on any atom is -0.469 e. The summed E-state index contributed by atoms with van der Waals surface area (Å²) in [5, 5.41) is 0. The number of Topliss-reactive ketones (excluding diaryl/α,β-unsaturated/α-hetero) is 1. The van der Waals surface area contributed by atoms with Crippen LogP contribution in [0.5, 0.6) is 0 Å². The van der Waals surface area contributed by atoms with Gasteiger partial charge in [0.05, 0.1) is 19.4 Å². The standard InChI is InChI=1S/C16H18O5/c1-16(2)14(18)11(9-12(17)20-3)13(21-15(16)19)10-7-5-4-6-8-10/h4-8,11,13H,9H2,1-3H3/t11-,13+/m1/s1. The number of rotatable bonds is 3. The number of carbonyl (C=O) groups is 3. The third-order valence-corrected chi connectivity index (χ3v) is 3.80. The van der Waals surface area contributed by atoms with Gasteiger partial charge < -0.3 is 9.47 Å². The molecule has 112 valence electrons. The van der Waals surface area contributed by atoms with Gasteiger partial charge in [-0.2, -0.15) is 0 Å². The molecule has 2 atom stereocenters. The van der Waals surface area contributed by atoms with E-state index in [1.807, 2.05) is 6.07 Å². The van der Waals surface area contributed by atoms with Crippen LogP contribution in [0, 0.1) is 11.3 Å². The fourth-order valence-corrected chi connectivity index (χ4v) is 2.45. The first-order chi connectivity index (χ1) is 9.87. The summed E-state index contributed by atoms with van der Waals surface area (Å²) in [6, 6.07) is 8.96. The number of esters is 2. The predicted molar refractivity (Wildman–Crippen MR) is 74.2 cm³/mol. The van der Waals surface area contributed by atoms with Gasteiger partial charge in [-0.3, -0.25) is 14.4 Å². The summed E-state index contributed by atoms with van der Waals surface area (Å²) >= 11 is 0. The first-order valence-corrected chi connectivity index (χ1v) is 6.75. The van der Waals surface area contributed by atoms with Gasteiger partial charge in [0, 0.05) is 0 Å². The summed E-state index contributed by atoms with van der Waals surface area (Å²) in [6.45, 7) is 3.03. The average Bonchev–Trinajstić information content (AvgIpc) is 2.49. The minimum absolute atomic E-state index is 0.106. The number of ketones is 1. The number of carbonyl (C=O) groups excluding carboxylic acids is 3. The van der Waals surface area contributed by atoms with Gasteiger partial charge in [0.15, 0.2) is 5.78 Å². The maximum atomic E-state index is 12.6. The maximum absolute atomic E-state index is 12.6. The van der Waals surface area contributed by atoms with Crippen molar-refractivity contribution in [3.63, 3.8) is 0 Å². The van der Waals surface area contributed by atoms with E-state index < -0.39 is 29.4 Å². The van der Waals surface area contributed by atoms with Crippen LogP contribution in [0.15, 0.2) is 30.3 Å². The summed E-state index contributed by atoms with van der Waals surface area (Å²) in [7, 11) is 1.27. The molecule has 5 heteroatoms. The topological polar surface area (TPSA) is 69.7 Å². The molecule has 1 aliphatic heterocycles. The van der Waals surface area contributed by atoms with Gasteiger partial charge >= 0.3 is 11.9 Å². The third kappa shape index (κ3) is 2.82. The lowest BCUT2D eigenvalue weighted by molar-refractivity contribution is -0.181. The smallest absolute Gasteiger partial charge is 0.319 e.